The Bertz CT molecular complexity index is 1290. The Hall–Kier alpha value is -3.01. The van der Waals surface area contributed by atoms with Gasteiger partial charge in [-0.25, -0.2) is 9.18 Å². The van der Waals surface area contributed by atoms with Crippen LogP contribution in [0.4, 0.5) is 10.1 Å². The number of carbonyl (C=O) groups excluding carboxylic acids is 1. The van der Waals surface area contributed by atoms with Gasteiger partial charge in [0.15, 0.2) is 0 Å². The van der Waals surface area contributed by atoms with E-state index in [4.69, 9.17) is 0 Å². The molecule has 0 saturated carbocycles. The van der Waals surface area contributed by atoms with E-state index in [1.807, 2.05) is 0 Å². The van der Waals surface area contributed by atoms with E-state index in [2.05, 4.69) is 21.2 Å². The van der Waals surface area contributed by atoms with Crippen LogP contribution in [0.25, 0.3) is 11.0 Å². The standard InChI is InChI=1S/C17H14BrFN4O4/c1-21-12(24)7-9(13-15(21)22(2)17(27)23(3)16(13)26)14(25)20-11-5-4-8(18)6-10(11)19/h4-7H,1-3H3,(H,20,25). The van der Waals surface area contributed by atoms with Crippen LogP contribution in [0.3, 0.4) is 0 Å². The van der Waals surface area contributed by atoms with Gasteiger partial charge in [-0.3, -0.25) is 28.1 Å². The van der Waals surface area contributed by atoms with E-state index >= 15 is 0 Å². The lowest BCUT2D eigenvalue weighted by molar-refractivity contribution is 0.102. The molecular formula is C17H14BrFN4O4. The zero-order chi connectivity index (χ0) is 20.0. The minimum atomic E-state index is -0.838. The molecule has 1 amide bonds. The maximum absolute atomic E-state index is 14.0. The molecule has 0 saturated heterocycles. The Morgan fingerprint density at radius 2 is 1.70 bits per heavy atom. The SMILES string of the molecule is Cn1c(=O)c2c(C(=O)Nc3ccc(Br)cc3F)cc(=O)n(C)c2n(C)c1=O. The first kappa shape index (κ1) is 18.8. The highest BCUT2D eigenvalue weighted by Gasteiger charge is 2.21. The number of benzene rings is 1. The number of nitrogens with one attached hydrogen (secondary N) is 1. The molecule has 0 bridgehead atoms. The first-order valence-electron chi connectivity index (χ1n) is 7.69. The molecule has 8 nitrogen and oxygen atoms in total. The summed E-state index contributed by atoms with van der Waals surface area (Å²) in [6.07, 6.45) is 0. The average Bonchev–Trinajstić information content (AvgIpc) is 2.62. The molecule has 0 fully saturated rings. The minimum Gasteiger partial charge on any atom is -0.319 e. The fraction of sp³-hybridized carbons (Fsp3) is 0.176. The van der Waals surface area contributed by atoms with Gasteiger partial charge in [0.25, 0.3) is 17.0 Å². The van der Waals surface area contributed by atoms with Crippen molar-refractivity contribution in [3.63, 3.8) is 0 Å². The van der Waals surface area contributed by atoms with E-state index in [9.17, 15) is 23.6 Å². The number of hydrogen-bond donors (Lipinski definition) is 1. The number of halogens is 2. The Morgan fingerprint density at radius 3 is 2.33 bits per heavy atom. The first-order chi connectivity index (χ1) is 12.6. The van der Waals surface area contributed by atoms with Crippen LogP contribution < -0.4 is 22.1 Å². The minimum absolute atomic E-state index is 0.00275. The number of fused-ring (bicyclic) bond motifs is 1. The fourth-order valence-electron chi connectivity index (χ4n) is 2.82. The highest BCUT2D eigenvalue weighted by molar-refractivity contribution is 9.10. The molecule has 27 heavy (non-hydrogen) atoms. The van der Waals surface area contributed by atoms with Crippen molar-refractivity contribution in [2.45, 2.75) is 0 Å². The summed E-state index contributed by atoms with van der Waals surface area (Å²) in [4.78, 5) is 49.8. The maximum atomic E-state index is 14.0. The number of pyridine rings is 1. The fourth-order valence-corrected chi connectivity index (χ4v) is 3.15. The number of anilines is 1. The van der Waals surface area contributed by atoms with Gasteiger partial charge in [0.05, 0.1) is 16.6 Å². The monoisotopic (exact) mass is 436 g/mol. The maximum Gasteiger partial charge on any atom is 0.332 e. The average molecular weight is 437 g/mol. The normalized spacial score (nSPS) is 11.0. The van der Waals surface area contributed by atoms with Gasteiger partial charge in [-0.05, 0) is 18.2 Å². The largest absolute Gasteiger partial charge is 0.332 e. The van der Waals surface area contributed by atoms with E-state index in [0.717, 1.165) is 19.8 Å². The molecule has 2 heterocycles. The second-order valence-corrected chi connectivity index (χ2v) is 6.85. The zero-order valence-corrected chi connectivity index (χ0v) is 16.1. The van der Waals surface area contributed by atoms with Crippen LogP contribution in [0.1, 0.15) is 10.4 Å². The Labute approximate surface area is 159 Å². The molecule has 0 atom stereocenters. The number of hydrogen-bond acceptors (Lipinski definition) is 4. The van der Waals surface area contributed by atoms with Gasteiger partial charge >= 0.3 is 5.69 Å². The molecule has 0 spiro atoms. The predicted octanol–water partition coefficient (Wildman–Crippen LogP) is 1.09. The van der Waals surface area contributed by atoms with Gasteiger partial charge in [0.2, 0.25) is 0 Å². The molecule has 0 aliphatic heterocycles. The predicted molar refractivity (Wildman–Crippen MR) is 102 cm³/mol. The molecule has 3 rings (SSSR count). The second-order valence-electron chi connectivity index (χ2n) is 5.94. The summed E-state index contributed by atoms with van der Waals surface area (Å²) in [5.74, 6) is -1.53. The summed E-state index contributed by atoms with van der Waals surface area (Å²) in [6, 6.07) is 5.03. The van der Waals surface area contributed by atoms with E-state index < -0.39 is 28.5 Å². The van der Waals surface area contributed by atoms with Crippen molar-refractivity contribution in [1.82, 2.24) is 13.7 Å². The Balaban J connectivity index is 2.30. The summed E-state index contributed by atoms with van der Waals surface area (Å²) in [6.45, 7) is 0. The quantitative estimate of drug-likeness (QED) is 0.650. The molecule has 3 aromatic rings. The second kappa shape index (κ2) is 6.62. The third kappa shape index (κ3) is 3.01. The van der Waals surface area contributed by atoms with Crippen LogP contribution >= 0.6 is 15.9 Å². The lowest BCUT2D eigenvalue weighted by Crippen LogP contribution is -2.40. The number of nitrogens with zero attached hydrogens (tertiary/aromatic N) is 3. The first-order valence-corrected chi connectivity index (χ1v) is 8.49. The molecule has 0 radical (unpaired) electrons. The third-order valence-electron chi connectivity index (χ3n) is 4.24. The number of aryl methyl sites for hydroxylation is 2. The molecule has 10 heteroatoms. The zero-order valence-electron chi connectivity index (χ0n) is 14.5. The van der Waals surface area contributed by atoms with Crippen molar-refractivity contribution in [3.8, 4) is 0 Å². The van der Waals surface area contributed by atoms with Gasteiger partial charge in [0.1, 0.15) is 11.5 Å². The Kier molecular flexibility index (Phi) is 4.60. The summed E-state index contributed by atoms with van der Waals surface area (Å²) in [5, 5.41) is 2.24. The van der Waals surface area contributed by atoms with Crippen molar-refractivity contribution in [2.75, 3.05) is 5.32 Å². The summed E-state index contributed by atoms with van der Waals surface area (Å²) >= 11 is 3.12. The van der Waals surface area contributed by atoms with Crippen LogP contribution in [0, 0.1) is 5.82 Å². The topological polar surface area (TPSA) is 95.1 Å². The molecule has 1 N–H and O–H groups in total. The lowest BCUT2D eigenvalue weighted by atomic mass is 10.1. The van der Waals surface area contributed by atoms with E-state index in [1.54, 1.807) is 0 Å². The summed E-state index contributed by atoms with van der Waals surface area (Å²) in [7, 11) is 4.05. The molecule has 0 aliphatic carbocycles. The van der Waals surface area contributed by atoms with Crippen LogP contribution in [-0.2, 0) is 21.1 Å². The summed E-state index contributed by atoms with van der Waals surface area (Å²) < 4.78 is 17.6. The molecule has 0 unspecified atom stereocenters. The van der Waals surface area contributed by atoms with E-state index in [0.29, 0.717) is 4.47 Å². The van der Waals surface area contributed by atoms with E-state index in [1.165, 1.54) is 39.3 Å². The Morgan fingerprint density at radius 1 is 1.04 bits per heavy atom. The van der Waals surface area contributed by atoms with Crippen molar-refractivity contribution in [1.29, 1.82) is 0 Å². The third-order valence-corrected chi connectivity index (χ3v) is 4.74. The van der Waals surface area contributed by atoms with Crippen LogP contribution in [0.5, 0.6) is 0 Å². The number of rotatable bonds is 2. The lowest BCUT2D eigenvalue weighted by Gasteiger charge is -2.14. The van der Waals surface area contributed by atoms with E-state index in [-0.39, 0.29) is 22.3 Å². The van der Waals surface area contributed by atoms with Crippen LogP contribution in [0.2, 0.25) is 0 Å². The van der Waals surface area contributed by atoms with Crippen LogP contribution in [-0.4, -0.2) is 19.6 Å². The van der Waals surface area contributed by atoms with Gasteiger partial charge in [-0.15, -0.1) is 0 Å². The van der Waals surface area contributed by atoms with Crippen molar-refractivity contribution < 1.29 is 9.18 Å². The van der Waals surface area contributed by atoms with Crippen molar-refractivity contribution in [2.24, 2.45) is 21.1 Å². The molecular weight excluding hydrogens is 423 g/mol. The van der Waals surface area contributed by atoms with Gasteiger partial charge in [0, 0.05) is 31.7 Å². The molecule has 2 aromatic heterocycles. The molecule has 140 valence electrons. The van der Waals surface area contributed by atoms with Crippen LogP contribution in [0.15, 0.2) is 43.1 Å². The smallest absolute Gasteiger partial charge is 0.319 e. The van der Waals surface area contributed by atoms with Gasteiger partial charge in [-0.1, -0.05) is 15.9 Å². The highest BCUT2D eigenvalue weighted by atomic mass is 79.9. The van der Waals surface area contributed by atoms with Crippen molar-refractivity contribution in [3.05, 3.63) is 71.3 Å². The number of aromatic nitrogens is 3. The highest BCUT2D eigenvalue weighted by Crippen LogP contribution is 2.21. The molecule has 0 aliphatic rings. The van der Waals surface area contributed by atoms with Gasteiger partial charge < -0.3 is 5.32 Å². The number of carbonyl (C=O) groups is 1. The van der Waals surface area contributed by atoms with Crippen molar-refractivity contribution >= 4 is 38.6 Å². The molecule has 1 aromatic carbocycles. The van der Waals surface area contributed by atoms with Gasteiger partial charge in [-0.2, -0.15) is 0 Å². The number of amides is 1. The summed E-state index contributed by atoms with van der Waals surface area (Å²) in [5.41, 5.74) is -2.32.